The Morgan fingerprint density at radius 1 is 1.67 bits per heavy atom. The van der Waals surface area contributed by atoms with Crippen LogP contribution >= 0.6 is 46.2 Å². The highest BCUT2D eigenvalue weighted by atomic mass is 79.9. The van der Waals surface area contributed by atoms with Crippen LogP contribution in [0.15, 0.2) is 0 Å². The van der Waals surface area contributed by atoms with E-state index in [1.54, 1.807) is 0 Å². The summed E-state index contributed by atoms with van der Waals surface area (Å²) in [4.78, 5) is 0. The van der Waals surface area contributed by atoms with Crippen LogP contribution in [-0.2, 0) is 0 Å². The van der Waals surface area contributed by atoms with Gasteiger partial charge in [-0.1, -0.05) is 0 Å². The minimum absolute atomic E-state index is 1.81. The highest BCUT2D eigenvalue weighted by molar-refractivity contribution is 9.76. The molecule has 0 unspecified atom stereocenters. The van der Waals surface area contributed by atoms with Crippen LogP contribution in [0.2, 0.25) is 0 Å². The fourth-order valence-electron chi connectivity index (χ4n) is 0. The standard InChI is InChI=1S/CBr2ClNP/c2-6(3,4)1-5/q+1. The van der Waals surface area contributed by atoms with E-state index in [0.29, 0.717) is 0 Å². The van der Waals surface area contributed by atoms with Crippen molar-refractivity contribution in [3.63, 3.8) is 0 Å². The van der Waals surface area contributed by atoms with Crippen molar-refractivity contribution in [1.29, 1.82) is 5.26 Å². The molecule has 0 fully saturated rings. The molecule has 0 N–H and O–H groups in total. The van der Waals surface area contributed by atoms with Crippen molar-refractivity contribution in [3.05, 3.63) is 0 Å². The van der Waals surface area contributed by atoms with Crippen molar-refractivity contribution < 1.29 is 0 Å². The molecule has 0 saturated carbocycles. The van der Waals surface area contributed by atoms with E-state index in [0.717, 1.165) is 0 Å². The van der Waals surface area contributed by atoms with Gasteiger partial charge in [-0.05, 0) is 0 Å². The first-order valence-electron chi connectivity index (χ1n) is 0.954. The molecule has 0 heterocycles. The average molecular weight is 252 g/mol. The first kappa shape index (κ1) is 7.17. The number of hydrogen-bond donors (Lipinski definition) is 0. The van der Waals surface area contributed by atoms with Crippen molar-refractivity contribution in [2.75, 3.05) is 0 Å². The van der Waals surface area contributed by atoms with Gasteiger partial charge < -0.3 is 0 Å². The number of rotatable bonds is 0. The summed E-state index contributed by atoms with van der Waals surface area (Å²) in [6, 6.07) is 0. The van der Waals surface area contributed by atoms with E-state index >= 15 is 0 Å². The Kier molecular flexibility index (Phi) is 2.95. The van der Waals surface area contributed by atoms with Crippen LogP contribution in [0, 0.1) is 11.1 Å². The molecule has 0 aliphatic rings. The molecule has 0 saturated heterocycles. The maximum Gasteiger partial charge on any atom is 0.352 e. The molecule has 0 aliphatic heterocycles. The third-order valence-corrected chi connectivity index (χ3v) is 1.52. The van der Waals surface area contributed by atoms with Gasteiger partial charge in [0.2, 0.25) is 0 Å². The van der Waals surface area contributed by atoms with Crippen LogP contribution in [0.4, 0.5) is 0 Å². The molecule has 0 bridgehead atoms. The van der Waals surface area contributed by atoms with E-state index in [-0.39, 0.29) is 0 Å². The van der Waals surface area contributed by atoms with Crippen LogP contribution in [-0.4, -0.2) is 0 Å². The molecule has 0 aromatic carbocycles. The van der Waals surface area contributed by atoms with E-state index < -0.39 is 4.02 Å². The summed E-state index contributed by atoms with van der Waals surface area (Å²) in [5, 5.41) is 7.98. The lowest BCUT2D eigenvalue weighted by Gasteiger charge is -1.75. The lowest BCUT2D eigenvalue weighted by Crippen LogP contribution is -1.38. The second kappa shape index (κ2) is 2.47. The van der Waals surface area contributed by atoms with E-state index in [1.807, 2.05) is 5.81 Å². The van der Waals surface area contributed by atoms with Crippen molar-refractivity contribution in [2.24, 2.45) is 0 Å². The van der Waals surface area contributed by atoms with Gasteiger partial charge in [-0.2, -0.15) is 0 Å². The van der Waals surface area contributed by atoms with Crippen LogP contribution in [0.25, 0.3) is 0 Å². The third kappa shape index (κ3) is 5.17. The van der Waals surface area contributed by atoms with Gasteiger partial charge in [0.25, 0.3) is 5.81 Å². The number of nitriles is 1. The zero-order valence-electron chi connectivity index (χ0n) is 2.53. The molecule has 0 aromatic rings. The summed E-state index contributed by atoms with van der Waals surface area (Å²) in [6.07, 6.45) is 0. The average Bonchev–Trinajstić information content (AvgIpc) is 1.35. The molecule has 5 heteroatoms. The number of halogens is 3. The Balaban J connectivity index is 3.55. The first-order valence-corrected chi connectivity index (χ1v) is 7.69. The van der Waals surface area contributed by atoms with Crippen molar-refractivity contribution >= 4 is 46.2 Å². The fraction of sp³-hybridized carbons (Fsp3) is 0. The van der Waals surface area contributed by atoms with E-state index in [9.17, 15) is 0 Å². The van der Waals surface area contributed by atoms with Gasteiger partial charge in [-0.15, -0.1) is 5.26 Å². The van der Waals surface area contributed by atoms with Crippen LogP contribution < -0.4 is 0 Å². The van der Waals surface area contributed by atoms with Crippen molar-refractivity contribution in [2.45, 2.75) is 0 Å². The van der Waals surface area contributed by atoms with Gasteiger partial charge in [0.05, 0.1) is 0 Å². The van der Waals surface area contributed by atoms with Crippen LogP contribution in [0.5, 0.6) is 0 Å². The largest absolute Gasteiger partial charge is 0.352 e. The fourth-order valence-corrected chi connectivity index (χ4v) is 0. The maximum atomic E-state index is 7.98. The van der Waals surface area contributed by atoms with Gasteiger partial charge in [0.1, 0.15) is 11.2 Å². The number of nitrogens with zero attached hydrogens (tertiary/aromatic N) is 1. The SMILES string of the molecule is N#C[P+](Cl)(Br)Br. The Labute approximate surface area is 57.3 Å². The zero-order valence-corrected chi connectivity index (χ0v) is 7.35. The molecule has 34 valence electrons. The predicted octanol–water partition coefficient (Wildman–Crippen LogP) is 3.26. The highest BCUT2D eigenvalue weighted by Gasteiger charge is 2.30. The van der Waals surface area contributed by atoms with Crippen molar-refractivity contribution in [1.82, 2.24) is 0 Å². The first-order chi connectivity index (χ1) is 2.56. The van der Waals surface area contributed by atoms with Gasteiger partial charge in [-0.3, -0.25) is 0 Å². The molecule has 1 nitrogen and oxygen atoms in total. The quantitative estimate of drug-likeness (QED) is 0.607. The molecular formula is CBr2ClNP+. The lowest BCUT2D eigenvalue weighted by atomic mass is 11.8. The Bertz CT molecular complexity index is 80.5. The molecule has 0 spiro atoms. The predicted molar refractivity (Wildman–Crippen MR) is 36.2 cm³/mol. The molecule has 0 aromatic heterocycles. The number of hydrogen-bond acceptors (Lipinski definition) is 1. The van der Waals surface area contributed by atoms with E-state index in [1.165, 1.54) is 0 Å². The van der Waals surface area contributed by atoms with E-state index in [2.05, 4.69) is 31.0 Å². The second-order valence-corrected chi connectivity index (χ2v) is 14.8. The molecule has 6 heavy (non-hydrogen) atoms. The summed E-state index contributed by atoms with van der Waals surface area (Å²) in [6.45, 7) is 0. The van der Waals surface area contributed by atoms with Gasteiger partial charge >= 0.3 is 4.02 Å². The third-order valence-electron chi connectivity index (χ3n) is 0.113. The maximum absolute atomic E-state index is 7.98. The minimum atomic E-state index is -1.99. The summed E-state index contributed by atoms with van der Waals surface area (Å²) < 4.78 is -1.99. The molecule has 0 rings (SSSR count). The molecule has 0 amide bonds. The molecule has 0 aliphatic carbocycles. The topological polar surface area (TPSA) is 23.8 Å². The molecule has 0 radical (unpaired) electrons. The van der Waals surface area contributed by atoms with Gasteiger partial charge in [0.15, 0.2) is 31.0 Å². The van der Waals surface area contributed by atoms with E-state index in [4.69, 9.17) is 16.5 Å². The summed E-state index contributed by atoms with van der Waals surface area (Å²) in [7, 11) is 0. The Morgan fingerprint density at radius 3 is 1.83 bits per heavy atom. The monoisotopic (exact) mass is 250 g/mol. The summed E-state index contributed by atoms with van der Waals surface area (Å²) >= 11 is 11.1. The summed E-state index contributed by atoms with van der Waals surface area (Å²) in [5.74, 6) is 1.81. The van der Waals surface area contributed by atoms with Crippen LogP contribution in [0.3, 0.4) is 0 Å². The Morgan fingerprint density at radius 2 is 1.83 bits per heavy atom. The smallest absolute Gasteiger partial charge is 0.148 e. The molecule has 0 atom stereocenters. The van der Waals surface area contributed by atoms with Gasteiger partial charge in [0, 0.05) is 0 Å². The molecular weight excluding hydrogens is 252 g/mol. The summed E-state index contributed by atoms with van der Waals surface area (Å²) in [5.41, 5.74) is 0. The lowest BCUT2D eigenvalue weighted by molar-refractivity contribution is 1.57. The normalized spacial score (nSPS) is 10.3. The highest BCUT2D eigenvalue weighted by Crippen LogP contribution is 2.77. The second-order valence-electron chi connectivity index (χ2n) is 0.545. The zero-order chi connectivity index (χ0) is 5.21. The van der Waals surface area contributed by atoms with Crippen LogP contribution in [0.1, 0.15) is 0 Å². The van der Waals surface area contributed by atoms with Crippen molar-refractivity contribution in [3.8, 4) is 5.81 Å². The Hall–Kier alpha value is 1.17. The minimum Gasteiger partial charge on any atom is -0.148 e. The van der Waals surface area contributed by atoms with Gasteiger partial charge in [-0.25, -0.2) is 0 Å².